The molecule has 90 valence electrons. The summed E-state index contributed by atoms with van der Waals surface area (Å²) in [4.78, 5) is 0. The molecule has 0 spiro atoms. The number of ether oxygens (including phenoxy) is 1. The minimum Gasteiger partial charge on any atom is -0.384 e. The second-order valence-electron chi connectivity index (χ2n) is 4.14. The van der Waals surface area contributed by atoms with E-state index < -0.39 is 0 Å². The van der Waals surface area contributed by atoms with Gasteiger partial charge in [-0.15, -0.1) is 0 Å². The van der Waals surface area contributed by atoms with E-state index in [2.05, 4.69) is 24.4 Å². The first-order valence-corrected chi connectivity index (χ1v) is 6.04. The molecule has 0 saturated carbocycles. The van der Waals surface area contributed by atoms with Crippen LogP contribution in [0.1, 0.15) is 12.5 Å². The summed E-state index contributed by atoms with van der Waals surface area (Å²) >= 11 is 5.82. The van der Waals surface area contributed by atoms with Crippen LogP contribution in [-0.2, 0) is 11.2 Å². The third-order valence-corrected chi connectivity index (χ3v) is 2.70. The van der Waals surface area contributed by atoms with Gasteiger partial charge < -0.3 is 10.1 Å². The second-order valence-corrected chi connectivity index (χ2v) is 4.58. The molecule has 0 heterocycles. The number of rotatable bonds is 7. The number of methoxy groups -OCH3 is 1. The summed E-state index contributed by atoms with van der Waals surface area (Å²) in [6.07, 6.45) is 1.04. The van der Waals surface area contributed by atoms with Crippen LogP contribution >= 0.6 is 11.6 Å². The molecule has 0 saturated heterocycles. The predicted octanol–water partition coefficient (Wildman–Crippen LogP) is 2.75. The van der Waals surface area contributed by atoms with Gasteiger partial charge in [0.2, 0.25) is 0 Å². The quantitative estimate of drug-likeness (QED) is 0.742. The maximum Gasteiger partial charge on any atom is 0.0499 e. The lowest BCUT2D eigenvalue weighted by molar-refractivity contribution is 0.158. The third-order valence-electron chi connectivity index (χ3n) is 2.45. The third kappa shape index (κ3) is 5.50. The summed E-state index contributed by atoms with van der Waals surface area (Å²) < 4.78 is 5.08. The van der Waals surface area contributed by atoms with Gasteiger partial charge in [-0.25, -0.2) is 0 Å². The van der Waals surface area contributed by atoms with Crippen LogP contribution in [0.25, 0.3) is 0 Å². The minimum atomic E-state index is 0.565. The molecule has 1 aromatic rings. The molecule has 0 amide bonds. The molecule has 1 N–H and O–H groups in total. The topological polar surface area (TPSA) is 21.3 Å². The number of nitrogens with one attached hydrogen (secondary N) is 1. The van der Waals surface area contributed by atoms with E-state index in [4.69, 9.17) is 16.3 Å². The highest BCUT2D eigenvalue weighted by molar-refractivity contribution is 6.30. The molecule has 0 fully saturated rings. The van der Waals surface area contributed by atoms with Crippen molar-refractivity contribution in [2.75, 3.05) is 26.8 Å². The monoisotopic (exact) mass is 241 g/mol. The Morgan fingerprint density at radius 1 is 1.31 bits per heavy atom. The summed E-state index contributed by atoms with van der Waals surface area (Å²) in [5.74, 6) is 0.565. The lowest BCUT2D eigenvalue weighted by atomic mass is 10.1. The zero-order chi connectivity index (χ0) is 11.8. The van der Waals surface area contributed by atoms with Crippen molar-refractivity contribution in [2.45, 2.75) is 13.3 Å². The SMILES string of the molecule is COCC(C)CNCCc1ccc(Cl)cc1. The van der Waals surface area contributed by atoms with Crippen molar-refractivity contribution in [1.29, 1.82) is 0 Å². The molecule has 0 aliphatic carbocycles. The van der Waals surface area contributed by atoms with Crippen molar-refractivity contribution in [3.63, 3.8) is 0 Å². The van der Waals surface area contributed by atoms with Gasteiger partial charge in [0.05, 0.1) is 0 Å². The largest absolute Gasteiger partial charge is 0.384 e. The normalized spacial score (nSPS) is 12.7. The Bertz CT molecular complexity index is 286. The average molecular weight is 242 g/mol. The van der Waals surface area contributed by atoms with Crippen molar-refractivity contribution in [1.82, 2.24) is 5.32 Å². The molecule has 0 aliphatic rings. The van der Waals surface area contributed by atoms with Crippen molar-refractivity contribution >= 4 is 11.6 Å². The van der Waals surface area contributed by atoms with Gasteiger partial charge in [-0.3, -0.25) is 0 Å². The zero-order valence-corrected chi connectivity index (χ0v) is 10.8. The van der Waals surface area contributed by atoms with Gasteiger partial charge in [0.25, 0.3) is 0 Å². The first-order valence-electron chi connectivity index (χ1n) is 5.66. The second kappa shape index (κ2) is 7.66. The minimum absolute atomic E-state index is 0.565. The fourth-order valence-electron chi connectivity index (χ4n) is 1.58. The Morgan fingerprint density at radius 2 is 2.00 bits per heavy atom. The van der Waals surface area contributed by atoms with E-state index in [1.807, 2.05) is 12.1 Å². The van der Waals surface area contributed by atoms with Crippen molar-refractivity contribution < 1.29 is 4.74 Å². The van der Waals surface area contributed by atoms with Gasteiger partial charge in [-0.1, -0.05) is 30.7 Å². The van der Waals surface area contributed by atoms with E-state index in [0.29, 0.717) is 5.92 Å². The van der Waals surface area contributed by atoms with Crippen LogP contribution < -0.4 is 5.32 Å². The van der Waals surface area contributed by atoms with E-state index in [1.165, 1.54) is 5.56 Å². The molecule has 1 atom stereocenters. The molecule has 0 radical (unpaired) electrons. The Hall–Kier alpha value is -0.570. The van der Waals surface area contributed by atoms with Gasteiger partial charge in [0.1, 0.15) is 0 Å². The molecular weight excluding hydrogens is 222 g/mol. The van der Waals surface area contributed by atoms with Gasteiger partial charge in [-0.2, -0.15) is 0 Å². The molecule has 0 aliphatic heterocycles. The average Bonchev–Trinajstić information content (AvgIpc) is 2.27. The number of hydrogen-bond acceptors (Lipinski definition) is 2. The van der Waals surface area contributed by atoms with E-state index in [9.17, 15) is 0 Å². The van der Waals surface area contributed by atoms with Gasteiger partial charge in [0.15, 0.2) is 0 Å². The van der Waals surface area contributed by atoms with Crippen LogP contribution in [0, 0.1) is 5.92 Å². The van der Waals surface area contributed by atoms with E-state index in [0.717, 1.165) is 31.1 Å². The standard InChI is InChI=1S/C13H20ClNO/c1-11(10-16-2)9-15-8-7-12-3-5-13(14)6-4-12/h3-6,11,15H,7-10H2,1-2H3. The van der Waals surface area contributed by atoms with Crippen LogP contribution in [0.2, 0.25) is 5.02 Å². The highest BCUT2D eigenvalue weighted by Gasteiger charge is 2.00. The number of hydrogen-bond donors (Lipinski definition) is 1. The number of halogens is 1. The van der Waals surface area contributed by atoms with Crippen molar-refractivity contribution in [3.05, 3.63) is 34.9 Å². The first-order chi connectivity index (χ1) is 7.72. The van der Waals surface area contributed by atoms with E-state index >= 15 is 0 Å². The summed E-state index contributed by atoms with van der Waals surface area (Å²) in [5.41, 5.74) is 1.32. The molecule has 1 rings (SSSR count). The van der Waals surface area contributed by atoms with Gasteiger partial charge in [-0.05, 0) is 43.1 Å². The Labute approximate surface area is 103 Å². The van der Waals surface area contributed by atoms with Gasteiger partial charge in [0, 0.05) is 18.7 Å². The molecule has 3 heteroatoms. The molecule has 16 heavy (non-hydrogen) atoms. The van der Waals surface area contributed by atoms with Crippen LogP contribution in [0.4, 0.5) is 0 Å². The zero-order valence-electron chi connectivity index (χ0n) is 10.0. The highest BCUT2D eigenvalue weighted by atomic mass is 35.5. The first kappa shape index (κ1) is 13.5. The summed E-state index contributed by atoms with van der Waals surface area (Å²) in [6.45, 7) is 4.99. The molecule has 0 aromatic heterocycles. The highest BCUT2D eigenvalue weighted by Crippen LogP contribution is 2.09. The summed E-state index contributed by atoms with van der Waals surface area (Å²) in [6, 6.07) is 8.01. The fraction of sp³-hybridized carbons (Fsp3) is 0.538. The van der Waals surface area contributed by atoms with Crippen LogP contribution in [-0.4, -0.2) is 26.8 Å². The Kier molecular flexibility index (Phi) is 6.46. The van der Waals surface area contributed by atoms with Crippen LogP contribution in [0.5, 0.6) is 0 Å². The van der Waals surface area contributed by atoms with E-state index in [1.54, 1.807) is 7.11 Å². The summed E-state index contributed by atoms with van der Waals surface area (Å²) in [5, 5.41) is 4.22. The van der Waals surface area contributed by atoms with Crippen LogP contribution in [0.15, 0.2) is 24.3 Å². The maximum atomic E-state index is 5.82. The molecule has 2 nitrogen and oxygen atoms in total. The molecular formula is C13H20ClNO. The molecule has 1 aromatic carbocycles. The maximum absolute atomic E-state index is 5.82. The lowest BCUT2D eigenvalue weighted by Gasteiger charge is -2.11. The van der Waals surface area contributed by atoms with Crippen LogP contribution in [0.3, 0.4) is 0 Å². The number of benzene rings is 1. The van der Waals surface area contributed by atoms with Gasteiger partial charge >= 0.3 is 0 Å². The lowest BCUT2D eigenvalue weighted by Crippen LogP contribution is -2.25. The Morgan fingerprint density at radius 3 is 2.62 bits per heavy atom. The van der Waals surface area contributed by atoms with Crippen molar-refractivity contribution in [2.24, 2.45) is 5.92 Å². The molecule has 1 unspecified atom stereocenters. The Balaban J connectivity index is 2.13. The van der Waals surface area contributed by atoms with E-state index in [-0.39, 0.29) is 0 Å². The fourth-order valence-corrected chi connectivity index (χ4v) is 1.70. The predicted molar refractivity (Wildman–Crippen MR) is 69.1 cm³/mol. The smallest absolute Gasteiger partial charge is 0.0499 e. The summed E-state index contributed by atoms with van der Waals surface area (Å²) in [7, 11) is 1.74. The van der Waals surface area contributed by atoms with Crippen molar-refractivity contribution in [3.8, 4) is 0 Å². The molecule has 0 bridgehead atoms.